The quantitative estimate of drug-likeness (QED) is 0.262. The normalized spacial score (nSPS) is 33.7. The number of rotatable bonds is 8. The van der Waals surface area contributed by atoms with E-state index in [1.807, 2.05) is 30.3 Å². The minimum atomic E-state index is -1.83. The number of furan rings is 1. The number of carbonyl (C=O) groups excluding carboxylic acids is 4. The molecule has 1 saturated heterocycles. The number of ether oxygens (including phenoxy) is 5. The van der Waals surface area contributed by atoms with Crippen LogP contribution in [0.1, 0.15) is 69.8 Å². The van der Waals surface area contributed by atoms with Crippen LogP contribution in [0.3, 0.4) is 0 Å². The molecule has 3 aliphatic rings. The Balaban J connectivity index is 1.68. The molecule has 44 heavy (non-hydrogen) atoms. The summed E-state index contributed by atoms with van der Waals surface area (Å²) in [5, 5.41) is 12.3. The van der Waals surface area contributed by atoms with E-state index in [1.54, 1.807) is 26.8 Å². The first kappa shape index (κ1) is 31.5. The molecule has 2 saturated carbocycles. The van der Waals surface area contributed by atoms with Crippen LogP contribution in [0, 0.1) is 11.3 Å². The topological polar surface area (TPSA) is 148 Å². The molecule has 1 aromatic heterocycles. The zero-order chi connectivity index (χ0) is 31.9. The van der Waals surface area contributed by atoms with E-state index in [0.717, 1.165) is 5.56 Å². The summed E-state index contributed by atoms with van der Waals surface area (Å²) >= 11 is 0. The Hall–Kier alpha value is -3.96. The average Bonchev–Trinajstić information content (AvgIpc) is 3.55. The Morgan fingerprint density at radius 2 is 1.70 bits per heavy atom. The molecule has 0 radical (unpaired) electrons. The second-order valence-electron chi connectivity index (χ2n) is 12.5. The third kappa shape index (κ3) is 5.21. The lowest BCUT2D eigenvalue weighted by molar-refractivity contribution is -0.340. The lowest BCUT2D eigenvalue weighted by atomic mass is 9.47. The zero-order valence-electron chi connectivity index (χ0n) is 25.4. The van der Waals surface area contributed by atoms with Gasteiger partial charge in [-0.05, 0) is 57.7 Å². The van der Waals surface area contributed by atoms with Crippen molar-refractivity contribution in [2.45, 2.75) is 89.0 Å². The van der Waals surface area contributed by atoms with E-state index in [9.17, 15) is 24.3 Å². The summed E-state index contributed by atoms with van der Waals surface area (Å²) in [5.41, 5.74) is -5.37. The van der Waals surface area contributed by atoms with Crippen molar-refractivity contribution in [3.63, 3.8) is 0 Å². The van der Waals surface area contributed by atoms with Crippen LogP contribution in [-0.2, 0) is 38.1 Å². The first-order valence-corrected chi connectivity index (χ1v) is 14.6. The van der Waals surface area contributed by atoms with Crippen molar-refractivity contribution in [2.24, 2.45) is 11.3 Å². The lowest BCUT2D eigenvalue weighted by Crippen LogP contribution is -2.81. The van der Waals surface area contributed by atoms with E-state index < -0.39 is 76.9 Å². The molecule has 11 nitrogen and oxygen atoms in total. The summed E-state index contributed by atoms with van der Waals surface area (Å²) in [7, 11) is 0. The number of hydrogen-bond acceptors (Lipinski definition) is 11. The Bertz CT molecular complexity index is 1430. The van der Waals surface area contributed by atoms with Gasteiger partial charge in [0.05, 0.1) is 23.0 Å². The molecule has 5 rings (SSSR count). The first-order valence-electron chi connectivity index (χ1n) is 14.6. The Morgan fingerprint density at radius 1 is 0.977 bits per heavy atom. The summed E-state index contributed by atoms with van der Waals surface area (Å²) in [4.78, 5) is 51.7. The van der Waals surface area contributed by atoms with Crippen molar-refractivity contribution in [1.82, 2.24) is 0 Å². The Morgan fingerprint density at radius 3 is 2.34 bits per heavy atom. The summed E-state index contributed by atoms with van der Waals surface area (Å²) in [6.07, 6.45) is 2.39. The highest BCUT2D eigenvalue weighted by atomic mass is 16.6. The molecular formula is C33H38O11. The van der Waals surface area contributed by atoms with Crippen molar-refractivity contribution < 1.29 is 52.4 Å². The maximum absolute atomic E-state index is 13.4. The van der Waals surface area contributed by atoms with Gasteiger partial charge in [0.2, 0.25) is 0 Å². The number of fused-ring (bicyclic) bond motifs is 1. The molecular weight excluding hydrogens is 572 g/mol. The highest BCUT2D eigenvalue weighted by Crippen LogP contribution is 2.68. The molecule has 2 bridgehead atoms. The summed E-state index contributed by atoms with van der Waals surface area (Å²) in [6.45, 7) is 7.16. The van der Waals surface area contributed by atoms with Gasteiger partial charge in [-0.25, -0.2) is 9.59 Å². The maximum atomic E-state index is 13.4. The molecule has 1 spiro atoms. The molecule has 0 unspecified atom stereocenters. The van der Waals surface area contributed by atoms with Crippen LogP contribution in [0.25, 0.3) is 6.08 Å². The second-order valence-corrected chi connectivity index (χ2v) is 12.5. The van der Waals surface area contributed by atoms with E-state index in [2.05, 4.69) is 0 Å². The van der Waals surface area contributed by atoms with E-state index in [0.29, 0.717) is 0 Å². The third-order valence-corrected chi connectivity index (χ3v) is 9.37. The second kappa shape index (κ2) is 11.5. The summed E-state index contributed by atoms with van der Waals surface area (Å²) < 4.78 is 35.8. The van der Waals surface area contributed by atoms with Gasteiger partial charge in [-0.2, -0.15) is 0 Å². The molecule has 2 aliphatic carbocycles. The first-order chi connectivity index (χ1) is 20.7. The molecule has 2 aromatic rings. The van der Waals surface area contributed by atoms with E-state index in [-0.39, 0.29) is 24.8 Å². The van der Waals surface area contributed by atoms with Gasteiger partial charge < -0.3 is 33.2 Å². The van der Waals surface area contributed by atoms with Gasteiger partial charge in [-0.1, -0.05) is 30.3 Å². The van der Waals surface area contributed by atoms with Crippen LogP contribution in [-0.4, -0.2) is 70.7 Å². The minimum Gasteiger partial charge on any atom is -0.472 e. The largest absolute Gasteiger partial charge is 0.472 e. The molecule has 1 N–H and O–H groups in total. The molecule has 0 amide bonds. The average molecular weight is 611 g/mol. The Labute approximate surface area is 255 Å². The number of aliphatic hydroxyl groups is 1. The fourth-order valence-corrected chi connectivity index (χ4v) is 7.52. The van der Waals surface area contributed by atoms with Crippen LogP contribution >= 0.6 is 0 Å². The fraction of sp³-hybridized carbons (Fsp3) is 0.515. The fourth-order valence-electron chi connectivity index (χ4n) is 7.52. The van der Waals surface area contributed by atoms with E-state index in [1.165, 1.54) is 38.5 Å². The third-order valence-electron chi connectivity index (χ3n) is 9.37. The molecule has 1 aliphatic heterocycles. The van der Waals surface area contributed by atoms with Gasteiger partial charge in [0.15, 0.2) is 5.60 Å². The zero-order valence-corrected chi connectivity index (χ0v) is 25.4. The monoisotopic (exact) mass is 610 g/mol. The SMILES string of the molecule is CC(=O)OC[C@@]12[C@@H](OC(=O)c3ccoc3)CC[C@](C)(O)[C@]13OC(C)(C)[C@H](C[C@H]2OC(=O)C=Cc1ccccc1)[C@H]3OC(C)=O. The molecule has 236 valence electrons. The molecule has 7 atom stereocenters. The van der Waals surface area contributed by atoms with Gasteiger partial charge in [-0.15, -0.1) is 0 Å². The van der Waals surface area contributed by atoms with Crippen LogP contribution in [0.4, 0.5) is 0 Å². The minimum absolute atomic E-state index is 0.0628. The standard InChI is InChI=1S/C33H38O11/c1-20(34)40-19-32-25(43-29(37)23-14-16-39-18-23)13-15-31(5,38)33(32)28(41-21(2)35)24(30(3,4)44-33)17-26(32)42-27(36)12-11-22-9-7-6-8-10-22/h6-12,14,16,18,24-26,28,38H,13,15,17,19H2,1-5H3/t24-,25+,26-,28-,31+,32+,33+/m1/s1. The van der Waals surface area contributed by atoms with Gasteiger partial charge in [0.1, 0.15) is 36.6 Å². The highest BCUT2D eigenvalue weighted by Gasteiger charge is 2.84. The summed E-state index contributed by atoms with van der Waals surface area (Å²) in [6, 6.07) is 10.6. The summed E-state index contributed by atoms with van der Waals surface area (Å²) in [5.74, 6) is -3.26. The van der Waals surface area contributed by atoms with Crippen molar-refractivity contribution in [3.05, 3.63) is 66.1 Å². The van der Waals surface area contributed by atoms with Gasteiger partial charge in [0, 0.05) is 25.8 Å². The molecule has 11 heteroatoms. The van der Waals surface area contributed by atoms with Crippen molar-refractivity contribution >= 4 is 30.0 Å². The van der Waals surface area contributed by atoms with Crippen molar-refractivity contribution in [1.29, 1.82) is 0 Å². The van der Waals surface area contributed by atoms with Crippen LogP contribution in [0.2, 0.25) is 0 Å². The lowest BCUT2D eigenvalue weighted by Gasteiger charge is -2.64. The van der Waals surface area contributed by atoms with Crippen LogP contribution in [0.5, 0.6) is 0 Å². The smallest absolute Gasteiger partial charge is 0.341 e. The maximum Gasteiger partial charge on any atom is 0.341 e. The predicted molar refractivity (Wildman–Crippen MR) is 154 cm³/mol. The predicted octanol–water partition coefficient (Wildman–Crippen LogP) is 4.02. The number of carbonyl (C=O) groups is 4. The van der Waals surface area contributed by atoms with Crippen molar-refractivity contribution in [3.8, 4) is 0 Å². The van der Waals surface area contributed by atoms with Gasteiger partial charge in [-0.3, -0.25) is 9.59 Å². The van der Waals surface area contributed by atoms with Crippen LogP contribution in [0.15, 0.2) is 59.4 Å². The highest BCUT2D eigenvalue weighted by molar-refractivity contribution is 5.89. The Kier molecular flexibility index (Phi) is 8.24. The van der Waals surface area contributed by atoms with E-state index in [4.69, 9.17) is 28.1 Å². The number of benzene rings is 1. The molecule has 2 heterocycles. The van der Waals surface area contributed by atoms with Crippen LogP contribution < -0.4 is 0 Å². The molecule has 1 aromatic carbocycles. The van der Waals surface area contributed by atoms with Crippen molar-refractivity contribution in [2.75, 3.05) is 6.61 Å². The number of esters is 4. The van der Waals surface area contributed by atoms with E-state index >= 15 is 0 Å². The molecule has 3 fully saturated rings. The van der Waals surface area contributed by atoms with Gasteiger partial charge >= 0.3 is 23.9 Å². The number of hydrogen-bond donors (Lipinski definition) is 1. The van der Waals surface area contributed by atoms with Gasteiger partial charge in [0.25, 0.3) is 0 Å².